The van der Waals surface area contributed by atoms with Gasteiger partial charge in [0.05, 0.1) is 14.2 Å². The van der Waals surface area contributed by atoms with Crippen LogP contribution in [0.5, 0.6) is 17.2 Å². The van der Waals surface area contributed by atoms with Gasteiger partial charge in [-0.05, 0) is 30.2 Å². The van der Waals surface area contributed by atoms with Crippen molar-refractivity contribution in [1.29, 1.82) is 0 Å². The SMILES string of the molecule is CCCCCCCCCCCCCCCC(=O)OC(=O)/C=C/c1cc(OC)c(O)c(OC)c1. The summed E-state index contributed by atoms with van der Waals surface area (Å²) in [6.07, 6.45) is 19.0. The lowest BCUT2D eigenvalue weighted by atomic mass is 10.0. The van der Waals surface area contributed by atoms with Crippen LogP contribution < -0.4 is 9.47 Å². The molecule has 186 valence electrons. The Labute approximate surface area is 199 Å². The molecule has 0 aliphatic rings. The fourth-order valence-corrected chi connectivity index (χ4v) is 3.66. The monoisotopic (exact) mass is 462 g/mol. The third kappa shape index (κ3) is 13.0. The average molecular weight is 463 g/mol. The molecule has 0 saturated heterocycles. The highest BCUT2D eigenvalue weighted by Gasteiger charge is 2.11. The Morgan fingerprint density at radius 3 is 1.70 bits per heavy atom. The highest BCUT2D eigenvalue weighted by Crippen LogP contribution is 2.37. The third-order valence-electron chi connectivity index (χ3n) is 5.61. The van der Waals surface area contributed by atoms with E-state index in [-0.39, 0.29) is 23.7 Å². The van der Waals surface area contributed by atoms with Gasteiger partial charge in [-0.1, -0.05) is 84.0 Å². The summed E-state index contributed by atoms with van der Waals surface area (Å²) in [4.78, 5) is 23.8. The number of hydrogen-bond donors (Lipinski definition) is 1. The predicted octanol–water partition coefficient (Wildman–Crippen LogP) is 6.97. The van der Waals surface area contributed by atoms with Crippen LogP contribution >= 0.6 is 0 Å². The molecule has 0 fully saturated rings. The molecule has 0 atom stereocenters. The molecule has 0 radical (unpaired) electrons. The van der Waals surface area contributed by atoms with Crippen molar-refractivity contribution >= 4 is 18.0 Å². The van der Waals surface area contributed by atoms with Crippen LogP contribution in [0.3, 0.4) is 0 Å². The number of benzene rings is 1. The lowest BCUT2D eigenvalue weighted by Gasteiger charge is -2.09. The van der Waals surface area contributed by atoms with Crippen molar-refractivity contribution in [2.75, 3.05) is 14.2 Å². The summed E-state index contributed by atoms with van der Waals surface area (Å²) in [7, 11) is 2.84. The minimum Gasteiger partial charge on any atom is -0.502 e. The van der Waals surface area contributed by atoms with E-state index in [2.05, 4.69) is 6.92 Å². The maximum Gasteiger partial charge on any atom is 0.338 e. The van der Waals surface area contributed by atoms with Crippen LogP contribution in [0.15, 0.2) is 18.2 Å². The number of ether oxygens (including phenoxy) is 3. The van der Waals surface area contributed by atoms with E-state index in [4.69, 9.17) is 14.2 Å². The largest absolute Gasteiger partial charge is 0.502 e. The van der Waals surface area contributed by atoms with E-state index < -0.39 is 11.9 Å². The smallest absolute Gasteiger partial charge is 0.338 e. The molecule has 0 spiro atoms. The molecule has 1 aromatic carbocycles. The molecular formula is C27H42O6. The maximum atomic E-state index is 11.9. The Bertz CT molecular complexity index is 700. The highest BCUT2D eigenvalue weighted by molar-refractivity contribution is 5.94. The zero-order valence-electron chi connectivity index (χ0n) is 20.7. The van der Waals surface area contributed by atoms with Gasteiger partial charge in [-0.25, -0.2) is 4.79 Å². The van der Waals surface area contributed by atoms with Crippen LogP contribution in [0.2, 0.25) is 0 Å². The van der Waals surface area contributed by atoms with E-state index >= 15 is 0 Å². The van der Waals surface area contributed by atoms with Crippen LogP contribution in [0, 0.1) is 0 Å². The summed E-state index contributed by atoms with van der Waals surface area (Å²) in [6, 6.07) is 3.11. The molecule has 0 heterocycles. The van der Waals surface area contributed by atoms with Gasteiger partial charge >= 0.3 is 11.9 Å². The molecule has 1 aromatic rings. The number of rotatable bonds is 18. The molecule has 0 amide bonds. The number of aromatic hydroxyl groups is 1. The van der Waals surface area contributed by atoms with Crippen LogP contribution in [0.25, 0.3) is 6.08 Å². The van der Waals surface area contributed by atoms with Crippen molar-refractivity contribution in [1.82, 2.24) is 0 Å². The van der Waals surface area contributed by atoms with Gasteiger partial charge in [0.25, 0.3) is 0 Å². The van der Waals surface area contributed by atoms with E-state index in [1.165, 1.54) is 90.6 Å². The van der Waals surface area contributed by atoms with Crippen molar-refractivity contribution in [3.05, 3.63) is 23.8 Å². The van der Waals surface area contributed by atoms with Crippen LogP contribution in [0.4, 0.5) is 0 Å². The summed E-state index contributed by atoms with van der Waals surface area (Å²) < 4.78 is 15.0. The molecule has 33 heavy (non-hydrogen) atoms. The Morgan fingerprint density at radius 1 is 0.788 bits per heavy atom. The normalized spacial score (nSPS) is 11.0. The van der Waals surface area contributed by atoms with E-state index in [9.17, 15) is 14.7 Å². The topological polar surface area (TPSA) is 82.1 Å². The van der Waals surface area contributed by atoms with E-state index in [1.54, 1.807) is 12.1 Å². The Morgan fingerprint density at radius 2 is 1.24 bits per heavy atom. The average Bonchev–Trinajstić information content (AvgIpc) is 2.81. The Hall–Kier alpha value is -2.50. The minimum atomic E-state index is -0.722. The first-order valence-corrected chi connectivity index (χ1v) is 12.4. The highest BCUT2D eigenvalue weighted by atomic mass is 16.6. The minimum absolute atomic E-state index is 0.118. The molecule has 0 saturated carbocycles. The summed E-state index contributed by atoms with van der Waals surface area (Å²) in [5.41, 5.74) is 0.572. The van der Waals surface area contributed by atoms with Crippen molar-refractivity contribution in [2.45, 2.75) is 96.8 Å². The summed E-state index contributed by atoms with van der Waals surface area (Å²) in [5, 5.41) is 9.92. The zero-order chi connectivity index (χ0) is 24.3. The lowest BCUT2D eigenvalue weighted by molar-refractivity contribution is -0.156. The van der Waals surface area contributed by atoms with Gasteiger partial charge in [0.15, 0.2) is 11.5 Å². The fraction of sp³-hybridized carbons (Fsp3) is 0.630. The zero-order valence-corrected chi connectivity index (χ0v) is 20.7. The molecular weight excluding hydrogens is 420 g/mol. The number of esters is 2. The van der Waals surface area contributed by atoms with E-state index in [1.807, 2.05) is 0 Å². The van der Waals surface area contributed by atoms with Crippen LogP contribution in [0.1, 0.15) is 102 Å². The first-order chi connectivity index (χ1) is 16.0. The van der Waals surface area contributed by atoms with Crippen molar-refractivity contribution in [3.8, 4) is 17.2 Å². The van der Waals surface area contributed by atoms with Gasteiger partial charge in [0.2, 0.25) is 5.75 Å². The number of hydrogen-bond acceptors (Lipinski definition) is 6. The van der Waals surface area contributed by atoms with Gasteiger partial charge in [0.1, 0.15) is 0 Å². The first-order valence-electron chi connectivity index (χ1n) is 12.4. The van der Waals surface area contributed by atoms with Gasteiger partial charge in [-0.2, -0.15) is 0 Å². The molecule has 1 N–H and O–H groups in total. The Kier molecular flexibility index (Phi) is 15.6. The number of phenols is 1. The molecule has 0 bridgehead atoms. The molecule has 1 rings (SSSR count). The molecule has 0 unspecified atom stereocenters. The second-order valence-electron chi connectivity index (χ2n) is 8.39. The first kappa shape index (κ1) is 28.5. The van der Waals surface area contributed by atoms with Crippen molar-refractivity contribution < 1.29 is 28.9 Å². The van der Waals surface area contributed by atoms with Gasteiger partial charge < -0.3 is 19.3 Å². The molecule has 0 aromatic heterocycles. The molecule has 0 aliphatic carbocycles. The van der Waals surface area contributed by atoms with E-state index in [0.717, 1.165) is 19.3 Å². The number of carbonyl (C=O) groups excluding carboxylic acids is 2. The molecule has 6 heteroatoms. The standard InChI is InChI=1S/C27H42O6/c1-4-5-6-7-8-9-10-11-12-13-14-15-16-17-25(28)33-26(29)19-18-22-20-23(31-2)27(30)24(21-22)32-3/h18-21,30H,4-17H2,1-3H3/b19-18+. The van der Waals surface area contributed by atoms with Gasteiger partial charge in [-0.3, -0.25) is 4.79 Å². The lowest BCUT2D eigenvalue weighted by Crippen LogP contribution is -2.09. The van der Waals surface area contributed by atoms with Crippen LogP contribution in [-0.4, -0.2) is 31.3 Å². The van der Waals surface area contributed by atoms with Gasteiger partial charge in [-0.15, -0.1) is 0 Å². The quantitative estimate of drug-likeness (QED) is 0.110. The Balaban J connectivity index is 2.14. The van der Waals surface area contributed by atoms with Crippen molar-refractivity contribution in [3.63, 3.8) is 0 Å². The predicted molar refractivity (Wildman–Crippen MR) is 132 cm³/mol. The van der Waals surface area contributed by atoms with Gasteiger partial charge in [0, 0.05) is 12.5 Å². The second kappa shape index (κ2) is 18.0. The molecule has 6 nitrogen and oxygen atoms in total. The third-order valence-corrected chi connectivity index (χ3v) is 5.61. The summed E-state index contributed by atoms with van der Waals surface area (Å²) >= 11 is 0. The second-order valence-corrected chi connectivity index (χ2v) is 8.39. The number of unbranched alkanes of at least 4 members (excludes halogenated alkanes) is 12. The van der Waals surface area contributed by atoms with E-state index in [0.29, 0.717) is 5.56 Å². The number of phenolic OH excluding ortho intramolecular Hbond substituents is 1. The maximum absolute atomic E-state index is 11.9. The van der Waals surface area contributed by atoms with Crippen molar-refractivity contribution in [2.24, 2.45) is 0 Å². The number of carbonyl (C=O) groups is 2. The fourth-order valence-electron chi connectivity index (χ4n) is 3.66. The molecule has 0 aliphatic heterocycles. The number of methoxy groups -OCH3 is 2. The van der Waals surface area contributed by atoms with Crippen LogP contribution in [-0.2, 0) is 14.3 Å². The summed E-state index contributed by atoms with van der Waals surface area (Å²) in [5.74, 6) is -0.899. The summed E-state index contributed by atoms with van der Waals surface area (Å²) in [6.45, 7) is 2.25.